The Kier molecular flexibility index (Phi) is 25.4. The fraction of sp³-hybridized carbons (Fsp3) is 0.547. The molecule has 6 N–H and O–H groups in total. The molecule has 5 heterocycles. The van der Waals surface area contributed by atoms with E-state index in [-0.39, 0.29) is 121 Å². The number of rotatable bonds is 31. The van der Waals surface area contributed by atoms with Gasteiger partial charge in [-0.1, -0.05) is 121 Å². The van der Waals surface area contributed by atoms with E-state index in [0.29, 0.717) is 113 Å². The highest BCUT2D eigenvalue weighted by Gasteiger charge is 2.50. The summed E-state index contributed by atoms with van der Waals surface area (Å²) in [6, 6.07) is 25.7. The highest BCUT2D eigenvalue weighted by molar-refractivity contribution is 5.99. The van der Waals surface area contributed by atoms with Crippen LogP contribution in [0.4, 0.5) is 0 Å². The van der Waals surface area contributed by atoms with E-state index in [1.54, 1.807) is 17.6 Å². The minimum Gasteiger partial charge on any atom is -0.508 e. The molecule has 0 unspecified atom stereocenters. The number of phenolic OH excluding ortho intramolecular Hbond substituents is 2. The third-order valence-electron chi connectivity index (χ3n) is 19.2. The average Bonchev–Trinajstić information content (AvgIpc) is 1.71. The Balaban J connectivity index is 0.727. The molecule has 1 aromatic heterocycles. The van der Waals surface area contributed by atoms with Crippen LogP contribution in [-0.4, -0.2) is 175 Å². The van der Waals surface area contributed by atoms with Crippen LogP contribution in [0.2, 0.25) is 0 Å². The third kappa shape index (κ3) is 19.9. The minimum atomic E-state index is -1.09. The summed E-state index contributed by atoms with van der Waals surface area (Å²) in [5.74, 6) is -2.73. The van der Waals surface area contributed by atoms with Gasteiger partial charge in [-0.2, -0.15) is 0 Å². The van der Waals surface area contributed by atoms with Crippen LogP contribution in [0.5, 0.6) is 11.5 Å². The number of hydrogen-bond acceptors (Lipinski definition) is 16. The Morgan fingerprint density at radius 1 is 0.629 bits per heavy atom. The molecule has 5 amide bonds. The second kappa shape index (κ2) is 33.8. The van der Waals surface area contributed by atoms with Gasteiger partial charge >= 0.3 is 5.97 Å². The number of aromatic hydroxyl groups is 2. The van der Waals surface area contributed by atoms with Crippen LogP contribution in [-0.2, 0) is 62.4 Å². The quantitative estimate of drug-likeness (QED) is 0.0139. The predicted octanol–water partition coefficient (Wildman–Crippen LogP) is 8.17. The minimum absolute atomic E-state index is 0.00192. The lowest BCUT2D eigenvalue weighted by Crippen LogP contribution is -2.59. The van der Waals surface area contributed by atoms with E-state index in [0.717, 1.165) is 29.8 Å². The first-order valence-corrected chi connectivity index (χ1v) is 35.0. The Labute approximate surface area is 570 Å². The Bertz CT molecular complexity index is 3510. The molecule has 522 valence electrons. The fourth-order valence-corrected chi connectivity index (χ4v) is 13.4. The molecule has 5 atom stereocenters. The number of phenols is 2. The molecule has 4 aliphatic rings. The van der Waals surface area contributed by atoms with Crippen molar-refractivity contribution in [2.75, 3.05) is 52.4 Å². The van der Waals surface area contributed by atoms with Gasteiger partial charge in [0, 0.05) is 63.2 Å². The van der Waals surface area contributed by atoms with Gasteiger partial charge in [-0.05, 0) is 149 Å². The largest absolute Gasteiger partial charge is 0.508 e. The van der Waals surface area contributed by atoms with Crippen LogP contribution in [0.15, 0.2) is 97.1 Å². The number of esters is 1. The van der Waals surface area contributed by atoms with E-state index in [4.69, 9.17) is 9.47 Å². The summed E-state index contributed by atoms with van der Waals surface area (Å²) in [5.41, 5.74) is 3.49. The van der Waals surface area contributed by atoms with E-state index in [2.05, 4.69) is 36.4 Å². The summed E-state index contributed by atoms with van der Waals surface area (Å²) in [6.45, 7) is 19.7. The molecule has 0 spiro atoms. The standard InChI is InChI=1S/C75H100N10O12/c1-9-16-63(86)69-81-80-68(58-42-57(49(6)7)64(87)43-65(58)88)85(69)55-24-21-52(22-25-55)44-82-33-27-53(28-34-82)73(94)84-37-29-54(30-38-84)74(95)97-56-31-35-83(36-32-56)45-66(89)76-59(26-23-50-17-12-10-13-18-50)70(91)78-61(40-48(4)5)71(92)79-62(41-51-19-14-11-15-20-51)72(93)77-60(39-47(2)3)67(90)75(8)46-96-75/h10-15,17-22,24-25,42-43,47-49,53-54,56,59-62,87-88H,9,16,23,26-41,44-46H2,1-8H3,(H,76,89)(H,77,93)(H,78,91)(H,79,92)/t59-,60-,61-,62-,75+/m0/s1. The first-order chi connectivity index (χ1) is 46.4. The highest BCUT2D eigenvalue weighted by atomic mass is 16.6. The number of benzene rings is 4. The summed E-state index contributed by atoms with van der Waals surface area (Å²) in [5, 5.41) is 42.0. The van der Waals surface area contributed by atoms with Crippen LogP contribution in [0, 0.1) is 23.7 Å². The number of aromatic nitrogens is 3. The van der Waals surface area contributed by atoms with Crippen molar-refractivity contribution in [3.8, 4) is 28.6 Å². The molecular formula is C75H100N10O12. The molecule has 9 rings (SSSR count). The fourth-order valence-electron chi connectivity index (χ4n) is 13.4. The molecule has 4 fully saturated rings. The number of likely N-dealkylation sites (tertiary alicyclic amines) is 3. The number of ketones is 2. The van der Waals surface area contributed by atoms with Crippen molar-refractivity contribution >= 4 is 47.1 Å². The van der Waals surface area contributed by atoms with Gasteiger partial charge in [-0.3, -0.25) is 52.7 Å². The maximum atomic E-state index is 14.5. The number of carbonyl (C=O) groups excluding carboxylic acids is 8. The maximum Gasteiger partial charge on any atom is 0.309 e. The van der Waals surface area contributed by atoms with E-state index in [1.807, 2.05) is 143 Å². The number of nitrogens with one attached hydrogen (secondary N) is 4. The summed E-state index contributed by atoms with van der Waals surface area (Å²) in [4.78, 5) is 118. The number of carbonyl (C=O) groups is 8. The van der Waals surface area contributed by atoms with Crippen molar-refractivity contribution in [2.24, 2.45) is 23.7 Å². The number of amides is 5. The SMILES string of the molecule is CCCC(=O)c1nnc(-c2cc(C(C)C)c(O)cc2O)n1-c1ccc(CN2CCC(C(=O)N3CCC(C(=O)OC4CCN(CC(=O)N[C@@H](CCc5ccccc5)C(=O)N[C@@H](CC(C)C)C(=O)N[C@@H](Cc5ccccc5)C(=O)N[C@@H](CC(C)C)C(=O)[C@@]5(C)CO5)CC4)CC3)CC2)cc1. The van der Waals surface area contributed by atoms with Gasteiger partial charge in [-0.25, -0.2) is 0 Å². The third-order valence-corrected chi connectivity index (χ3v) is 19.2. The van der Waals surface area contributed by atoms with Crippen LogP contribution in [0.25, 0.3) is 17.1 Å². The highest BCUT2D eigenvalue weighted by Crippen LogP contribution is 2.39. The van der Waals surface area contributed by atoms with Crippen molar-refractivity contribution in [1.82, 2.24) is 50.7 Å². The van der Waals surface area contributed by atoms with Crippen LogP contribution < -0.4 is 21.3 Å². The Morgan fingerprint density at radius 2 is 1.20 bits per heavy atom. The first-order valence-electron chi connectivity index (χ1n) is 35.0. The van der Waals surface area contributed by atoms with Gasteiger partial charge < -0.3 is 45.9 Å². The lowest BCUT2D eigenvalue weighted by molar-refractivity contribution is -0.159. The molecule has 0 aliphatic carbocycles. The predicted molar refractivity (Wildman–Crippen MR) is 367 cm³/mol. The van der Waals surface area contributed by atoms with Gasteiger partial charge in [0.25, 0.3) is 0 Å². The molecule has 22 heteroatoms. The monoisotopic (exact) mass is 1330 g/mol. The van der Waals surface area contributed by atoms with E-state index < -0.39 is 47.5 Å². The number of nitrogens with zero attached hydrogens (tertiary/aromatic N) is 6. The van der Waals surface area contributed by atoms with Gasteiger partial charge in [0.1, 0.15) is 41.3 Å². The number of ether oxygens (including phenoxy) is 2. The van der Waals surface area contributed by atoms with Crippen molar-refractivity contribution in [3.63, 3.8) is 0 Å². The van der Waals surface area contributed by atoms with Crippen molar-refractivity contribution in [3.05, 3.63) is 125 Å². The number of aryl methyl sites for hydroxylation is 1. The zero-order valence-electron chi connectivity index (χ0n) is 57.7. The van der Waals surface area contributed by atoms with Gasteiger partial charge in [0.05, 0.1) is 30.7 Å². The average molecular weight is 1330 g/mol. The summed E-state index contributed by atoms with van der Waals surface area (Å²) < 4.78 is 13.2. The molecule has 0 bridgehead atoms. The van der Waals surface area contributed by atoms with Gasteiger partial charge in [-0.15, -0.1) is 10.2 Å². The second-order valence-electron chi connectivity index (χ2n) is 28.3. The smallest absolute Gasteiger partial charge is 0.309 e. The second-order valence-corrected chi connectivity index (χ2v) is 28.3. The summed E-state index contributed by atoms with van der Waals surface area (Å²) in [7, 11) is 0. The lowest BCUT2D eigenvalue weighted by atomic mass is 9.92. The number of hydrogen-bond donors (Lipinski definition) is 6. The molecule has 0 saturated carbocycles. The first kappa shape index (κ1) is 72.9. The van der Waals surface area contributed by atoms with E-state index >= 15 is 0 Å². The Hall–Kier alpha value is -8.34. The Morgan fingerprint density at radius 3 is 1.80 bits per heavy atom. The zero-order valence-corrected chi connectivity index (χ0v) is 57.7. The van der Waals surface area contributed by atoms with Crippen molar-refractivity contribution in [1.29, 1.82) is 0 Å². The van der Waals surface area contributed by atoms with Gasteiger partial charge in [0.15, 0.2) is 11.6 Å². The van der Waals surface area contributed by atoms with Crippen molar-refractivity contribution in [2.45, 2.75) is 187 Å². The molecule has 4 aliphatic heterocycles. The molecular weight excluding hydrogens is 1230 g/mol. The normalized spacial score (nSPS) is 18.6. The molecule has 4 aromatic carbocycles. The van der Waals surface area contributed by atoms with Crippen LogP contribution in [0.3, 0.4) is 0 Å². The number of Topliss-reactive ketones (excluding diaryl/α,β-unsaturated/α-hetero) is 2. The molecule has 5 aromatic rings. The van der Waals surface area contributed by atoms with Crippen LogP contribution >= 0.6 is 0 Å². The van der Waals surface area contributed by atoms with Crippen molar-refractivity contribution < 1.29 is 58.0 Å². The summed E-state index contributed by atoms with van der Waals surface area (Å²) in [6.07, 6.45) is 5.56. The topological polar surface area (TPSA) is 287 Å². The number of epoxide rings is 1. The van der Waals surface area contributed by atoms with Gasteiger partial charge in [0.2, 0.25) is 41.1 Å². The lowest BCUT2D eigenvalue weighted by Gasteiger charge is -2.37. The molecule has 22 nitrogen and oxygen atoms in total. The van der Waals surface area contributed by atoms with E-state index in [9.17, 15) is 48.6 Å². The van der Waals surface area contributed by atoms with E-state index in [1.165, 1.54) is 6.07 Å². The molecule has 4 saturated heterocycles. The molecule has 0 radical (unpaired) electrons. The summed E-state index contributed by atoms with van der Waals surface area (Å²) >= 11 is 0. The molecule has 97 heavy (non-hydrogen) atoms. The number of piperidine rings is 3. The maximum absolute atomic E-state index is 14.5. The van der Waals surface area contributed by atoms with Crippen LogP contribution in [0.1, 0.15) is 165 Å². The zero-order chi connectivity index (χ0) is 69.5.